The van der Waals surface area contributed by atoms with E-state index >= 15 is 0 Å². The molecule has 0 saturated heterocycles. The van der Waals surface area contributed by atoms with Crippen molar-refractivity contribution in [2.75, 3.05) is 13.1 Å². The van der Waals surface area contributed by atoms with E-state index in [1.165, 1.54) is 11.1 Å². The molecule has 1 aromatic carbocycles. The van der Waals surface area contributed by atoms with E-state index in [4.69, 9.17) is 0 Å². The van der Waals surface area contributed by atoms with Crippen molar-refractivity contribution in [1.82, 2.24) is 20.4 Å². The van der Waals surface area contributed by atoms with Crippen molar-refractivity contribution in [3.63, 3.8) is 0 Å². The minimum atomic E-state index is 0. The van der Waals surface area contributed by atoms with E-state index in [-0.39, 0.29) is 30.0 Å². The zero-order chi connectivity index (χ0) is 15.8. The normalized spacial score (nSPS) is 12.4. The second-order valence-corrected chi connectivity index (χ2v) is 5.32. The minimum absolute atomic E-state index is 0. The number of guanidine groups is 1. The van der Waals surface area contributed by atoms with E-state index in [0.29, 0.717) is 6.54 Å². The van der Waals surface area contributed by atoms with E-state index in [1.54, 1.807) is 0 Å². The van der Waals surface area contributed by atoms with Gasteiger partial charge in [0, 0.05) is 12.7 Å². The Kier molecular flexibility index (Phi) is 8.68. The standard InChI is InChI=1S/C17H25N5.HI/c1-4-18-17(19-10-11-22-13-14(2)12-20-22)21-15(3)16-8-6-5-7-9-16;/h5-9,12-13,15H,4,10-11H2,1-3H3,(H2,18,19,21);1H. The Hall–Kier alpha value is -1.57. The number of nitrogens with zero attached hydrogens (tertiary/aromatic N) is 3. The second kappa shape index (κ2) is 10.3. The molecule has 0 radical (unpaired) electrons. The molecule has 2 aromatic rings. The van der Waals surface area contributed by atoms with Crippen LogP contribution in [0.15, 0.2) is 47.7 Å². The third kappa shape index (κ3) is 6.60. The Morgan fingerprint density at radius 2 is 2.04 bits per heavy atom. The zero-order valence-electron chi connectivity index (χ0n) is 14.0. The lowest BCUT2D eigenvalue weighted by atomic mass is 10.1. The van der Waals surface area contributed by atoms with Crippen molar-refractivity contribution in [2.24, 2.45) is 4.99 Å². The molecule has 23 heavy (non-hydrogen) atoms. The maximum atomic E-state index is 4.62. The van der Waals surface area contributed by atoms with Gasteiger partial charge in [-0.3, -0.25) is 9.67 Å². The lowest BCUT2D eigenvalue weighted by Gasteiger charge is -2.18. The highest BCUT2D eigenvalue weighted by molar-refractivity contribution is 14.0. The van der Waals surface area contributed by atoms with Gasteiger partial charge in [-0.2, -0.15) is 5.10 Å². The third-order valence-corrected chi connectivity index (χ3v) is 3.36. The van der Waals surface area contributed by atoms with Crippen LogP contribution >= 0.6 is 24.0 Å². The lowest BCUT2D eigenvalue weighted by Crippen LogP contribution is -2.39. The number of aliphatic imine (C=N–C) groups is 1. The molecule has 0 aliphatic carbocycles. The van der Waals surface area contributed by atoms with Gasteiger partial charge >= 0.3 is 0 Å². The van der Waals surface area contributed by atoms with Crippen molar-refractivity contribution in [1.29, 1.82) is 0 Å². The van der Waals surface area contributed by atoms with Gasteiger partial charge in [-0.05, 0) is 31.9 Å². The predicted molar refractivity (Wildman–Crippen MR) is 106 cm³/mol. The second-order valence-electron chi connectivity index (χ2n) is 5.32. The zero-order valence-corrected chi connectivity index (χ0v) is 16.3. The number of rotatable bonds is 6. The molecule has 0 bridgehead atoms. The fraction of sp³-hybridized carbons (Fsp3) is 0.412. The smallest absolute Gasteiger partial charge is 0.191 e. The molecule has 0 amide bonds. The Labute approximate surface area is 155 Å². The first kappa shape index (κ1) is 19.5. The van der Waals surface area contributed by atoms with Crippen LogP contribution < -0.4 is 10.6 Å². The maximum Gasteiger partial charge on any atom is 0.191 e. The van der Waals surface area contributed by atoms with E-state index in [1.807, 2.05) is 30.1 Å². The van der Waals surface area contributed by atoms with Gasteiger partial charge in [0.2, 0.25) is 0 Å². The Bertz CT molecular complexity index is 594. The highest BCUT2D eigenvalue weighted by Gasteiger charge is 2.06. The van der Waals surface area contributed by atoms with Crippen LogP contribution in [-0.4, -0.2) is 28.8 Å². The summed E-state index contributed by atoms with van der Waals surface area (Å²) >= 11 is 0. The molecule has 0 saturated carbocycles. The van der Waals surface area contributed by atoms with Gasteiger partial charge in [0.25, 0.3) is 0 Å². The molecule has 1 heterocycles. The van der Waals surface area contributed by atoms with Crippen LogP contribution in [0.5, 0.6) is 0 Å². The minimum Gasteiger partial charge on any atom is -0.357 e. The summed E-state index contributed by atoms with van der Waals surface area (Å²) in [6.45, 7) is 8.57. The van der Waals surface area contributed by atoms with Crippen LogP contribution in [0.3, 0.4) is 0 Å². The van der Waals surface area contributed by atoms with Gasteiger partial charge in [0.05, 0.1) is 25.3 Å². The number of hydrogen-bond donors (Lipinski definition) is 2. The molecule has 0 fully saturated rings. The molecule has 126 valence electrons. The van der Waals surface area contributed by atoms with Gasteiger partial charge in [0.1, 0.15) is 0 Å². The number of benzene rings is 1. The summed E-state index contributed by atoms with van der Waals surface area (Å²) < 4.78 is 1.92. The van der Waals surface area contributed by atoms with Crippen molar-refractivity contribution in [2.45, 2.75) is 33.4 Å². The molecule has 1 aromatic heterocycles. The van der Waals surface area contributed by atoms with E-state index in [0.717, 1.165) is 19.0 Å². The molecular formula is C17H26IN5. The fourth-order valence-corrected chi connectivity index (χ4v) is 2.20. The summed E-state index contributed by atoms with van der Waals surface area (Å²) in [5, 5.41) is 11.0. The molecule has 2 N–H and O–H groups in total. The van der Waals surface area contributed by atoms with Crippen molar-refractivity contribution in [3.8, 4) is 0 Å². The first-order valence-corrected chi connectivity index (χ1v) is 7.78. The number of hydrogen-bond acceptors (Lipinski definition) is 2. The van der Waals surface area contributed by atoms with Gasteiger partial charge < -0.3 is 10.6 Å². The van der Waals surface area contributed by atoms with Crippen LogP contribution in [0.2, 0.25) is 0 Å². The summed E-state index contributed by atoms with van der Waals surface area (Å²) in [7, 11) is 0. The Morgan fingerprint density at radius 3 is 2.65 bits per heavy atom. The van der Waals surface area contributed by atoms with Crippen LogP contribution in [0, 0.1) is 6.92 Å². The van der Waals surface area contributed by atoms with Crippen molar-refractivity contribution >= 4 is 29.9 Å². The number of aryl methyl sites for hydroxylation is 1. The third-order valence-electron chi connectivity index (χ3n) is 3.36. The van der Waals surface area contributed by atoms with Gasteiger partial charge in [0.15, 0.2) is 5.96 Å². The summed E-state index contributed by atoms with van der Waals surface area (Å²) in [6.07, 6.45) is 3.90. The lowest BCUT2D eigenvalue weighted by molar-refractivity contribution is 0.617. The van der Waals surface area contributed by atoms with E-state index in [2.05, 4.69) is 58.8 Å². The average Bonchev–Trinajstić information content (AvgIpc) is 2.94. The van der Waals surface area contributed by atoms with Gasteiger partial charge in [-0.1, -0.05) is 30.3 Å². The predicted octanol–water partition coefficient (Wildman–Crippen LogP) is 3.13. The van der Waals surface area contributed by atoms with E-state index in [9.17, 15) is 0 Å². The molecule has 5 nitrogen and oxygen atoms in total. The summed E-state index contributed by atoms with van der Waals surface area (Å²) in [4.78, 5) is 4.62. The SMILES string of the molecule is CCNC(=NCCn1cc(C)cn1)NC(C)c1ccccc1.I. The molecule has 1 unspecified atom stereocenters. The van der Waals surface area contributed by atoms with Crippen LogP contribution in [0.1, 0.15) is 31.0 Å². The topological polar surface area (TPSA) is 54.2 Å². The van der Waals surface area contributed by atoms with Gasteiger partial charge in [-0.15, -0.1) is 24.0 Å². The molecular weight excluding hydrogens is 401 g/mol. The molecule has 0 aliphatic rings. The molecule has 1 atom stereocenters. The van der Waals surface area contributed by atoms with Crippen LogP contribution in [0.25, 0.3) is 0 Å². The van der Waals surface area contributed by atoms with Crippen molar-refractivity contribution in [3.05, 3.63) is 53.9 Å². The maximum absolute atomic E-state index is 4.62. The molecule has 6 heteroatoms. The number of halogens is 1. The van der Waals surface area contributed by atoms with E-state index < -0.39 is 0 Å². The largest absolute Gasteiger partial charge is 0.357 e. The molecule has 0 spiro atoms. The monoisotopic (exact) mass is 427 g/mol. The molecule has 0 aliphatic heterocycles. The highest BCUT2D eigenvalue weighted by Crippen LogP contribution is 2.10. The molecule has 2 rings (SSSR count). The number of nitrogens with one attached hydrogen (secondary N) is 2. The number of aromatic nitrogens is 2. The fourth-order valence-electron chi connectivity index (χ4n) is 2.20. The highest BCUT2D eigenvalue weighted by atomic mass is 127. The van der Waals surface area contributed by atoms with Crippen LogP contribution in [-0.2, 0) is 6.54 Å². The van der Waals surface area contributed by atoms with Crippen molar-refractivity contribution < 1.29 is 0 Å². The Morgan fingerprint density at radius 1 is 1.30 bits per heavy atom. The summed E-state index contributed by atoms with van der Waals surface area (Å²) in [5.74, 6) is 0.836. The average molecular weight is 427 g/mol. The van der Waals surface area contributed by atoms with Crippen LogP contribution in [0.4, 0.5) is 0 Å². The summed E-state index contributed by atoms with van der Waals surface area (Å²) in [6, 6.07) is 10.6. The Balaban J connectivity index is 0.00000264. The van der Waals surface area contributed by atoms with Gasteiger partial charge in [-0.25, -0.2) is 0 Å². The first-order chi connectivity index (χ1) is 10.7. The summed E-state index contributed by atoms with van der Waals surface area (Å²) in [5.41, 5.74) is 2.42. The first-order valence-electron chi connectivity index (χ1n) is 7.78. The quantitative estimate of drug-likeness (QED) is 0.423.